The van der Waals surface area contributed by atoms with Crippen LogP contribution in [0.4, 0.5) is 10.1 Å². The molecule has 7 heteroatoms. The summed E-state index contributed by atoms with van der Waals surface area (Å²) < 4.78 is 12.1. The van der Waals surface area contributed by atoms with E-state index < -0.39 is 8.32 Å². The van der Waals surface area contributed by atoms with Gasteiger partial charge in [0.1, 0.15) is 5.00 Å². The van der Waals surface area contributed by atoms with Gasteiger partial charge in [-0.3, -0.25) is 0 Å². The topological polar surface area (TPSA) is 37.8 Å². The fraction of sp³-hybridized carbons (Fsp3) is 0.833. The lowest BCUT2D eigenvalue weighted by molar-refractivity contribution is 0.122. The molecule has 0 saturated carbocycles. The van der Waals surface area contributed by atoms with Crippen LogP contribution in [-0.2, 0) is 9.16 Å². The molecule has 1 atom stereocenters. The van der Waals surface area contributed by atoms with E-state index in [4.69, 9.17) is 9.16 Å². The SMILES string of the molecule is CC(C)(C)[Si](C)(C)O[C@@H]1CCCN(c2cnc(N3CCOCC3)s2)C1. The highest BCUT2D eigenvalue weighted by Gasteiger charge is 2.40. The molecule has 0 amide bonds. The number of nitrogens with zero attached hydrogens (tertiary/aromatic N) is 3. The average Bonchev–Trinajstić information content (AvgIpc) is 3.04. The van der Waals surface area contributed by atoms with Gasteiger partial charge in [0.25, 0.3) is 0 Å². The fourth-order valence-corrected chi connectivity index (χ4v) is 5.52. The van der Waals surface area contributed by atoms with Crippen LogP contribution in [-0.4, -0.2) is 58.8 Å². The molecule has 0 aliphatic carbocycles. The van der Waals surface area contributed by atoms with E-state index in [0.717, 1.165) is 44.5 Å². The number of hydrogen-bond donors (Lipinski definition) is 0. The minimum absolute atomic E-state index is 0.267. The highest BCUT2D eigenvalue weighted by molar-refractivity contribution is 7.19. The summed E-state index contributed by atoms with van der Waals surface area (Å²) in [5.74, 6) is 0. The molecular weight excluding hydrogens is 350 g/mol. The summed E-state index contributed by atoms with van der Waals surface area (Å²) in [7, 11) is -1.71. The lowest BCUT2D eigenvalue weighted by Crippen LogP contribution is -2.49. The molecule has 0 bridgehead atoms. The summed E-state index contributed by atoms with van der Waals surface area (Å²) in [5.41, 5.74) is 0. The first kappa shape index (κ1) is 19.1. The van der Waals surface area contributed by atoms with E-state index >= 15 is 0 Å². The van der Waals surface area contributed by atoms with Gasteiger partial charge in [-0.25, -0.2) is 4.98 Å². The summed E-state index contributed by atoms with van der Waals surface area (Å²) in [4.78, 5) is 9.48. The molecule has 3 rings (SSSR count). The van der Waals surface area contributed by atoms with Gasteiger partial charge in [-0.2, -0.15) is 0 Å². The van der Waals surface area contributed by atoms with Crippen LogP contribution in [0, 0.1) is 0 Å². The van der Waals surface area contributed by atoms with Gasteiger partial charge in [-0.1, -0.05) is 32.1 Å². The molecule has 25 heavy (non-hydrogen) atoms. The molecule has 0 unspecified atom stereocenters. The van der Waals surface area contributed by atoms with Crippen molar-refractivity contribution in [2.75, 3.05) is 49.2 Å². The van der Waals surface area contributed by atoms with E-state index in [0.29, 0.717) is 6.10 Å². The lowest BCUT2D eigenvalue weighted by atomic mass is 10.1. The predicted molar refractivity (Wildman–Crippen MR) is 109 cm³/mol. The minimum Gasteiger partial charge on any atom is -0.412 e. The number of rotatable bonds is 4. The van der Waals surface area contributed by atoms with Gasteiger partial charge in [0.05, 0.1) is 25.5 Å². The van der Waals surface area contributed by atoms with Crippen LogP contribution in [0.25, 0.3) is 0 Å². The fourth-order valence-electron chi connectivity index (χ4n) is 3.13. The molecule has 3 heterocycles. The second-order valence-electron chi connectivity index (χ2n) is 8.67. The zero-order valence-electron chi connectivity index (χ0n) is 16.4. The summed E-state index contributed by atoms with van der Waals surface area (Å²) in [5, 5.41) is 2.68. The van der Waals surface area contributed by atoms with Gasteiger partial charge in [0, 0.05) is 26.2 Å². The molecule has 2 fully saturated rings. The van der Waals surface area contributed by atoms with E-state index in [-0.39, 0.29) is 5.04 Å². The van der Waals surface area contributed by atoms with Crippen molar-refractivity contribution in [1.82, 2.24) is 4.98 Å². The molecule has 0 N–H and O–H groups in total. The lowest BCUT2D eigenvalue weighted by Gasteiger charge is -2.42. The van der Waals surface area contributed by atoms with Crippen molar-refractivity contribution in [2.45, 2.75) is 57.8 Å². The van der Waals surface area contributed by atoms with Crippen molar-refractivity contribution in [3.05, 3.63) is 6.20 Å². The Bertz CT molecular complexity index is 567. The molecular formula is C18H33N3O2SSi. The highest BCUT2D eigenvalue weighted by atomic mass is 32.1. The molecule has 1 aromatic heterocycles. The van der Waals surface area contributed by atoms with Crippen molar-refractivity contribution < 1.29 is 9.16 Å². The van der Waals surface area contributed by atoms with E-state index in [1.807, 2.05) is 17.5 Å². The quantitative estimate of drug-likeness (QED) is 0.736. The van der Waals surface area contributed by atoms with Gasteiger partial charge in [-0.15, -0.1) is 0 Å². The Labute approximate surface area is 157 Å². The zero-order chi connectivity index (χ0) is 18.1. The summed E-state index contributed by atoms with van der Waals surface area (Å²) >= 11 is 1.81. The van der Waals surface area contributed by atoms with Crippen LogP contribution < -0.4 is 9.80 Å². The van der Waals surface area contributed by atoms with Crippen LogP contribution in [0.1, 0.15) is 33.6 Å². The Morgan fingerprint density at radius 1 is 1.20 bits per heavy atom. The predicted octanol–water partition coefficient (Wildman–Crippen LogP) is 3.97. The molecule has 5 nitrogen and oxygen atoms in total. The Morgan fingerprint density at radius 2 is 1.92 bits per heavy atom. The van der Waals surface area contributed by atoms with E-state index in [1.54, 1.807) is 0 Å². The van der Waals surface area contributed by atoms with Gasteiger partial charge in [-0.05, 0) is 31.0 Å². The molecule has 2 saturated heterocycles. The van der Waals surface area contributed by atoms with Gasteiger partial charge >= 0.3 is 0 Å². The number of piperidine rings is 1. The number of aromatic nitrogens is 1. The first-order valence-electron chi connectivity index (χ1n) is 9.47. The third kappa shape index (κ3) is 4.56. The molecule has 142 valence electrons. The Morgan fingerprint density at radius 3 is 2.60 bits per heavy atom. The molecule has 0 aromatic carbocycles. The smallest absolute Gasteiger partial charge is 0.192 e. The van der Waals surface area contributed by atoms with Crippen molar-refractivity contribution >= 4 is 29.8 Å². The maximum Gasteiger partial charge on any atom is 0.192 e. The van der Waals surface area contributed by atoms with Crippen LogP contribution >= 0.6 is 11.3 Å². The van der Waals surface area contributed by atoms with Crippen molar-refractivity contribution in [3.63, 3.8) is 0 Å². The Kier molecular flexibility index (Phi) is 5.77. The van der Waals surface area contributed by atoms with Gasteiger partial charge in [0.15, 0.2) is 13.4 Å². The number of morpholine rings is 1. The number of thiazole rings is 1. The van der Waals surface area contributed by atoms with E-state index in [2.05, 4.69) is 48.6 Å². The van der Waals surface area contributed by atoms with Crippen LogP contribution in [0.15, 0.2) is 6.20 Å². The van der Waals surface area contributed by atoms with Gasteiger partial charge < -0.3 is 19.0 Å². The molecule has 0 radical (unpaired) electrons. The number of anilines is 2. The third-order valence-corrected chi connectivity index (χ3v) is 11.4. The number of ether oxygens (including phenoxy) is 1. The second kappa shape index (κ2) is 7.54. The standard InChI is InChI=1S/C18H33N3O2SSi/c1-18(2,3)25(4,5)23-15-7-6-8-21(14-15)16-13-19-17(24-16)20-9-11-22-12-10-20/h13,15H,6-12,14H2,1-5H3/t15-/m1/s1. The maximum atomic E-state index is 6.67. The largest absolute Gasteiger partial charge is 0.412 e. The van der Waals surface area contributed by atoms with Crippen molar-refractivity contribution in [3.8, 4) is 0 Å². The first-order valence-corrected chi connectivity index (χ1v) is 13.2. The van der Waals surface area contributed by atoms with Gasteiger partial charge in [0.2, 0.25) is 0 Å². The molecule has 1 aromatic rings. The Hall–Kier alpha value is -0.633. The maximum absolute atomic E-state index is 6.67. The van der Waals surface area contributed by atoms with Crippen molar-refractivity contribution in [2.24, 2.45) is 0 Å². The minimum atomic E-state index is -1.71. The molecule has 2 aliphatic heterocycles. The normalized spacial score (nSPS) is 23.2. The van der Waals surface area contributed by atoms with Crippen LogP contribution in [0.3, 0.4) is 0 Å². The van der Waals surface area contributed by atoms with Crippen LogP contribution in [0.2, 0.25) is 18.1 Å². The highest BCUT2D eigenvalue weighted by Crippen LogP contribution is 2.39. The first-order chi connectivity index (χ1) is 11.8. The van der Waals surface area contributed by atoms with E-state index in [9.17, 15) is 0 Å². The Balaban J connectivity index is 1.62. The summed E-state index contributed by atoms with van der Waals surface area (Å²) in [6, 6.07) is 0. The third-order valence-electron chi connectivity index (χ3n) is 5.72. The van der Waals surface area contributed by atoms with E-state index in [1.165, 1.54) is 17.8 Å². The monoisotopic (exact) mass is 383 g/mol. The average molecular weight is 384 g/mol. The summed E-state index contributed by atoms with van der Waals surface area (Å²) in [6.07, 6.45) is 4.77. The second-order valence-corrected chi connectivity index (χ2v) is 14.4. The molecule has 2 aliphatic rings. The number of hydrogen-bond acceptors (Lipinski definition) is 6. The zero-order valence-corrected chi connectivity index (χ0v) is 18.2. The van der Waals surface area contributed by atoms with Crippen LogP contribution in [0.5, 0.6) is 0 Å². The molecule has 0 spiro atoms. The van der Waals surface area contributed by atoms with Crippen molar-refractivity contribution in [1.29, 1.82) is 0 Å². The summed E-state index contributed by atoms with van der Waals surface area (Å²) in [6.45, 7) is 17.3.